The normalized spacial score (nSPS) is 13.0. The summed E-state index contributed by atoms with van der Waals surface area (Å²) in [6, 6.07) is 8.56. The molecule has 21 heavy (non-hydrogen) atoms. The molecule has 6 nitrogen and oxygen atoms in total. The number of rotatable bonds is 1. The minimum Gasteiger partial charge on any atom is -0.333 e. The number of imidazole rings is 1. The highest BCUT2D eigenvalue weighted by atomic mass is 16.1. The number of carbonyl (C=O) groups excluding carboxylic acids is 2. The molecule has 0 spiro atoms. The van der Waals surface area contributed by atoms with Crippen molar-refractivity contribution in [2.24, 2.45) is 0 Å². The van der Waals surface area contributed by atoms with Gasteiger partial charge in [-0.05, 0) is 24.3 Å². The van der Waals surface area contributed by atoms with Crippen LogP contribution in [-0.2, 0) is 0 Å². The summed E-state index contributed by atoms with van der Waals surface area (Å²) in [6.45, 7) is 0. The number of nitrogens with one attached hydrogen (secondary N) is 1. The highest BCUT2D eigenvalue weighted by molar-refractivity contribution is 6.26. The fourth-order valence-electron chi connectivity index (χ4n) is 2.34. The summed E-state index contributed by atoms with van der Waals surface area (Å²) in [7, 11) is 0. The summed E-state index contributed by atoms with van der Waals surface area (Å²) in [5.41, 5.74) is 1.32. The largest absolute Gasteiger partial charge is 0.333 e. The number of nitrogens with zero attached hydrogens (tertiary/aromatic N) is 3. The van der Waals surface area contributed by atoms with E-state index in [1.54, 1.807) is 30.5 Å². The molecule has 0 amide bonds. The molecular formula is C15H8N4O2. The molecule has 3 aromatic rings. The maximum absolute atomic E-state index is 12.4. The summed E-state index contributed by atoms with van der Waals surface area (Å²) < 4.78 is 0. The number of pyridine rings is 2. The number of hydrogen-bond donors (Lipinski definition) is 1. The second-order valence-electron chi connectivity index (χ2n) is 4.58. The zero-order valence-corrected chi connectivity index (χ0v) is 10.7. The topological polar surface area (TPSA) is 88.6 Å². The van der Waals surface area contributed by atoms with E-state index in [1.807, 2.05) is 6.07 Å². The van der Waals surface area contributed by atoms with Gasteiger partial charge in [-0.15, -0.1) is 0 Å². The lowest BCUT2D eigenvalue weighted by Gasteiger charge is -2.10. The van der Waals surface area contributed by atoms with Crippen molar-refractivity contribution in [2.45, 2.75) is 0 Å². The Morgan fingerprint density at radius 3 is 2.52 bits per heavy atom. The van der Waals surface area contributed by atoms with E-state index in [-0.39, 0.29) is 28.6 Å². The van der Waals surface area contributed by atoms with Crippen LogP contribution in [0.4, 0.5) is 0 Å². The molecule has 1 aliphatic carbocycles. The average Bonchev–Trinajstić information content (AvgIpc) is 2.99. The molecule has 0 saturated heterocycles. The molecule has 1 N–H and O–H groups in total. The lowest BCUT2D eigenvalue weighted by atomic mass is 9.95. The molecule has 0 bridgehead atoms. The van der Waals surface area contributed by atoms with Crippen molar-refractivity contribution >= 4 is 11.6 Å². The van der Waals surface area contributed by atoms with Crippen LogP contribution in [0, 0.1) is 0 Å². The van der Waals surface area contributed by atoms with Gasteiger partial charge < -0.3 is 4.98 Å². The van der Waals surface area contributed by atoms with E-state index >= 15 is 0 Å². The predicted molar refractivity (Wildman–Crippen MR) is 72.9 cm³/mol. The van der Waals surface area contributed by atoms with E-state index in [1.165, 1.54) is 6.20 Å². The number of hydrogen-bond acceptors (Lipinski definition) is 5. The molecule has 0 aromatic carbocycles. The molecule has 3 aromatic heterocycles. The van der Waals surface area contributed by atoms with Gasteiger partial charge >= 0.3 is 0 Å². The number of aromatic amines is 1. The van der Waals surface area contributed by atoms with Crippen LogP contribution in [0.1, 0.15) is 32.2 Å². The van der Waals surface area contributed by atoms with E-state index in [0.29, 0.717) is 17.1 Å². The molecule has 4 rings (SSSR count). The number of H-pyrrole nitrogens is 1. The van der Waals surface area contributed by atoms with Crippen LogP contribution >= 0.6 is 0 Å². The molecule has 0 fully saturated rings. The molecule has 3 heterocycles. The lowest BCUT2D eigenvalue weighted by molar-refractivity contribution is 0.0970. The van der Waals surface area contributed by atoms with E-state index in [2.05, 4.69) is 19.9 Å². The molecule has 0 saturated carbocycles. The third-order valence-corrected chi connectivity index (χ3v) is 3.32. The number of fused-ring (bicyclic) bond motifs is 2. The minimum absolute atomic E-state index is 0.104. The molecule has 100 valence electrons. The van der Waals surface area contributed by atoms with Gasteiger partial charge in [-0.3, -0.25) is 19.6 Å². The monoisotopic (exact) mass is 276 g/mol. The number of ketones is 2. The second-order valence-corrected chi connectivity index (χ2v) is 4.58. The third-order valence-electron chi connectivity index (χ3n) is 3.32. The van der Waals surface area contributed by atoms with Crippen molar-refractivity contribution in [1.82, 2.24) is 19.9 Å². The van der Waals surface area contributed by atoms with E-state index in [0.717, 1.165) is 0 Å². The quantitative estimate of drug-likeness (QED) is 0.571. The first-order valence-corrected chi connectivity index (χ1v) is 6.31. The zero-order valence-electron chi connectivity index (χ0n) is 10.7. The smallest absolute Gasteiger partial charge is 0.232 e. The summed E-state index contributed by atoms with van der Waals surface area (Å²) in [5, 5.41) is 0. The van der Waals surface area contributed by atoms with Crippen molar-refractivity contribution < 1.29 is 9.59 Å². The Morgan fingerprint density at radius 1 is 0.857 bits per heavy atom. The standard InChI is InChI=1S/C15H8N4O2/c20-13-8-4-3-7-17-10(8)14(21)12-11(13)18-15(19-12)9-5-1-2-6-16-9/h1-7H,(H,18,19). The lowest BCUT2D eigenvalue weighted by Crippen LogP contribution is -2.22. The summed E-state index contributed by atoms with van der Waals surface area (Å²) >= 11 is 0. The van der Waals surface area contributed by atoms with Gasteiger partial charge in [0.25, 0.3) is 0 Å². The van der Waals surface area contributed by atoms with Crippen molar-refractivity contribution in [3.05, 3.63) is 65.4 Å². The fraction of sp³-hybridized carbons (Fsp3) is 0. The molecule has 0 aliphatic heterocycles. The predicted octanol–water partition coefficient (Wildman–Crippen LogP) is 1.64. The first kappa shape index (κ1) is 11.7. The first-order chi connectivity index (χ1) is 10.3. The molecule has 0 unspecified atom stereocenters. The Hall–Kier alpha value is -3.15. The van der Waals surface area contributed by atoms with Crippen LogP contribution in [0.3, 0.4) is 0 Å². The van der Waals surface area contributed by atoms with Gasteiger partial charge in [0.15, 0.2) is 5.82 Å². The van der Waals surface area contributed by atoms with Gasteiger partial charge in [0.05, 0.1) is 5.56 Å². The SMILES string of the molecule is O=C1c2ncccc2C(=O)c2[nH]c(-c3ccccn3)nc21. The Balaban J connectivity index is 1.92. The van der Waals surface area contributed by atoms with Crippen molar-refractivity contribution in [2.75, 3.05) is 0 Å². The fourth-order valence-corrected chi connectivity index (χ4v) is 2.34. The van der Waals surface area contributed by atoms with Gasteiger partial charge in [0.2, 0.25) is 11.6 Å². The van der Waals surface area contributed by atoms with Crippen LogP contribution in [0.5, 0.6) is 0 Å². The summed E-state index contributed by atoms with van der Waals surface area (Å²) in [6.07, 6.45) is 3.11. The highest BCUT2D eigenvalue weighted by Crippen LogP contribution is 2.26. The minimum atomic E-state index is -0.348. The van der Waals surface area contributed by atoms with Gasteiger partial charge in [0, 0.05) is 12.4 Å². The Labute approximate surface area is 118 Å². The van der Waals surface area contributed by atoms with Crippen LogP contribution < -0.4 is 0 Å². The van der Waals surface area contributed by atoms with E-state index < -0.39 is 0 Å². The third kappa shape index (κ3) is 1.62. The number of carbonyl (C=O) groups is 2. The van der Waals surface area contributed by atoms with Gasteiger partial charge in [-0.25, -0.2) is 4.98 Å². The van der Waals surface area contributed by atoms with Crippen molar-refractivity contribution in [3.63, 3.8) is 0 Å². The molecular weight excluding hydrogens is 268 g/mol. The average molecular weight is 276 g/mol. The second kappa shape index (κ2) is 4.17. The van der Waals surface area contributed by atoms with Crippen LogP contribution in [-0.4, -0.2) is 31.5 Å². The summed E-state index contributed by atoms with van der Waals surface area (Å²) in [4.78, 5) is 40.1. The number of aromatic nitrogens is 4. The first-order valence-electron chi connectivity index (χ1n) is 6.31. The van der Waals surface area contributed by atoms with E-state index in [4.69, 9.17) is 0 Å². The van der Waals surface area contributed by atoms with Crippen LogP contribution in [0.2, 0.25) is 0 Å². The van der Waals surface area contributed by atoms with Gasteiger partial charge in [-0.1, -0.05) is 6.07 Å². The highest BCUT2D eigenvalue weighted by Gasteiger charge is 2.34. The maximum Gasteiger partial charge on any atom is 0.232 e. The Bertz CT molecular complexity index is 831. The maximum atomic E-state index is 12.4. The van der Waals surface area contributed by atoms with Gasteiger partial charge in [-0.2, -0.15) is 0 Å². The van der Waals surface area contributed by atoms with Crippen LogP contribution in [0.25, 0.3) is 11.5 Å². The zero-order chi connectivity index (χ0) is 14.4. The van der Waals surface area contributed by atoms with Crippen molar-refractivity contribution in [3.8, 4) is 11.5 Å². The summed E-state index contributed by atoms with van der Waals surface area (Å²) in [5.74, 6) is -0.226. The van der Waals surface area contributed by atoms with Gasteiger partial charge in [0.1, 0.15) is 22.8 Å². The van der Waals surface area contributed by atoms with E-state index in [9.17, 15) is 9.59 Å². The molecule has 6 heteroatoms. The Morgan fingerprint density at radius 2 is 1.71 bits per heavy atom. The molecule has 0 atom stereocenters. The van der Waals surface area contributed by atoms with Crippen LogP contribution in [0.15, 0.2) is 42.7 Å². The molecule has 1 aliphatic rings. The van der Waals surface area contributed by atoms with Crippen molar-refractivity contribution in [1.29, 1.82) is 0 Å². The molecule has 0 radical (unpaired) electrons. The Kier molecular flexibility index (Phi) is 2.32.